The monoisotopic (exact) mass is 372 g/mol. The van der Waals surface area contributed by atoms with Crippen LogP contribution in [0.3, 0.4) is 0 Å². The van der Waals surface area contributed by atoms with Gasteiger partial charge >= 0.3 is 6.29 Å². The fourth-order valence-electron chi connectivity index (χ4n) is 3.31. The molecule has 130 valence electrons. The van der Waals surface area contributed by atoms with Gasteiger partial charge in [-0.3, -0.25) is 4.99 Å². The van der Waals surface area contributed by atoms with E-state index in [2.05, 4.69) is 9.47 Å². The van der Waals surface area contributed by atoms with Gasteiger partial charge in [0.25, 0.3) is 0 Å². The van der Waals surface area contributed by atoms with Gasteiger partial charge in [-0.15, -0.1) is 8.78 Å². The number of hydrogen-bond donors (Lipinski definition) is 0. The fourth-order valence-corrected chi connectivity index (χ4v) is 3.59. The Morgan fingerprint density at radius 2 is 1.88 bits per heavy atom. The van der Waals surface area contributed by atoms with Gasteiger partial charge in [-0.1, -0.05) is 23.7 Å². The van der Waals surface area contributed by atoms with Gasteiger partial charge in [0.15, 0.2) is 11.5 Å². The minimum Gasteiger partial charge on any atom is -0.395 e. The van der Waals surface area contributed by atoms with E-state index in [0.29, 0.717) is 22.8 Å². The zero-order chi connectivity index (χ0) is 17.9. The molecular weight excluding hydrogens is 362 g/mol. The van der Waals surface area contributed by atoms with Crippen LogP contribution in [-0.4, -0.2) is 16.6 Å². The van der Waals surface area contributed by atoms with Gasteiger partial charge in [0.1, 0.15) is 0 Å². The summed E-state index contributed by atoms with van der Waals surface area (Å²) < 4.78 is 37.6. The summed E-state index contributed by atoms with van der Waals surface area (Å²) in [6.07, 6.45) is -1.74. The van der Waals surface area contributed by atoms with Gasteiger partial charge in [0.2, 0.25) is 0 Å². The van der Waals surface area contributed by atoms with Crippen LogP contribution in [0.1, 0.15) is 16.8 Å². The molecule has 0 saturated carbocycles. The third kappa shape index (κ3) is 2.29. The second kappa shape index (κ2) is 5.32. The van der Waals surface area contributed by atoms with E-state index in [0.717, 1.165) is 16.9 Å². The Hall–Kier alpha value is -2.86. The number of alkyl halides is 2. The van der Waals surface area contributed by atoms with Crippen LogP contribution in [0.5, 0.6) is 11.5 Å². The van der Waals surface area contributed by atoms with Crippen LogP contribution >= 0.6 is 11.6 Å². The minimum atomic E-state index is -3.64. The highest BCUT2D eigenvalue weighted by Gasteiger charge is 2.43. The van der Waals surface area contributed by atoms with E-state index in [1.54, 1.807) is 6.07 Å². The predicted octanol–water partition coefficient (Wildman–Crippen LogP) is 4.80. The molecule has 7 heteroatoms. The largest absolute Gasteiger partial charge is 0.586 e. The van der Waals surface area contributed by atoms with Crippen molar-refractivity contribution in [3.63, 3.8) is 0 Å². The molecule has 0 bridgehead atoms. The molecule has 0 radical (unpaired) electrons. The van der Waals surface area contributed by atoms with E-state index in [1.165, 1.54) is 12.1 Å². The molecule has 5 rings (SSSR count). The van der Waals surface area contributed by atoms with Crippen molar-refractivity contribution in [2.75, 3.05) is 0 Å². The van der Waals surface area contributed by atoms with Crippen molar-refractivity contribution in [3.05, 3.63) is 76.6 Å². The molecule has 0 N–H and O–H groups in total. The first-order chi connectivity index (χ1) is 12.5. The second-order valence-electron chi connectivity index (χ2n) is 6.00. The molecule has 0 unspecified atom stereocenters. The highest BCUT2D eigenvalue weighted by Crippen LogP contribution is 2.42. The van der Waals surface area contributed by atoms with Crippen molar-refractivity contribution >= 4 is 17.3 Å². The van der Waals surface area contributed by atoms with Crippen LogP contribution in [0.2, 0.25) is 5.02 Å². The van der Waals surface area contributed by atoms with E-state index in [1.807, 2.05) is 41.1 Å². The number of benzene rings is 2. The van der Waals surface area contributed by atoms with Crippen LogP contribution in [0.25, 0.3) is 5.69 Å². The molecule has 3 aromatic rings. The lowest BCUT2D eigenvalue weighted by atomic mass is 10.1. The van der Waals surface area contributed by atoms with Crippen LogP contribution in [-0.2, 0) is 6.54 Å². The Labute approximate surface area is 152 Å². The summed E-state index contributed by atoms with van der Waals surface area (Å²) in [5.74, 6) is 0.00258. The first-order valence-corrected chi connectivity index (χ1v) is 8.30. The van der Waals surface area contributed by atoms with Gasteiger partial charge in [-0.2, -0.15) is 0 Å². The number of fused-ring (bicyclic) bond motifs is 4. The zero-order valence-corrected chi connectivity index (χ0v) is 14.0. The maximum Gasteiger partial charge on any atom is 0.586 e. The molecule has 2 aliphatic rings. The Balaban J connectivity index is 1.65. The number of para-hydroxylation sites is 1. The lowest BCUT2D eigenvalue weighted by Crippen LogP contribution is -2.25. The average molecular weight is 373 g/mol. The van der Waals surface area contributed by atoms with Crippen molar-refractivity contribution in [2.45, 2.75) is 12.8 Å². The van der Waals surface area contributed by atoms with E-state index in [9.17, 15) is 8.78 Å². The maximum atomic E-state index is 13.3. The van der Waals surface area contributed by atoms with Gasteiger partial charge in [-0.05, 0) is 42.0 Å². The minimum absolute atomic E-state index is 0.00639. The quantitative estimate of drug-likeness (QED) is 0.615. The van der Waals surface area contributed by atoms with Crippen molar-refractivity contribution < 1.29 is 18.3 Å². The lowest BCUT2D eigenvalue weighted by Gasteiger charge is -2.12. The van der Waals surface area contributed by atoms with Crippen LogP contribution < -0.4 is 9.47 Å². The molecule has 0 atom stereocenters. The van der Waals surface area contributed by atoms with E-state index >= 15 is 0 Å². The zero-order valence-electron chi connectivity index (χ0n) is 13.2. The molecule has 0 saturated heterocycles. The summed E-state index contributed by atoms with van der Waals surface area (Å²) in [5, 5.41) is 0.627. The summed E-state index contributed by atoms with van der Waals surface area (Å²) >= 11 is 6.41. The summed E-state index contributed by atoms with van der Waals surface area (Å²) in [6.45, 7) is 0.428. The number of halogens is 3. The Morgan fingerprint density at radius 3 is 2.77 bits per heavy atom. The van der Waals surface area contributed by atoms with E-state index < -0.39 is 6.29 Å². The van der Waals surface area contributed by atoms with Crippen molar-refractivity contribution in [3.8, 4) is 17.2 Å². The van der Waals surface area contributed by atoms with Crippen LogP contribution in [0, 0.1) is 0 Å². The second-order valence-corrected chi connectivity index (χ2v) is 6.41. The SMILES string of the molecule is FC1(F)Oc2ccc(C3=NCc4cccc(Cl)c4-n4cccc43)cc2O1. The Bertz CT molecular complexity index is 1080. The molecule has 4 nitrogen and oxygen atoms in total. The molecule has 1 aromatic heterocycles. The third-order valence-corrected chi connectivity index (χ3v) is 4.69. The first kappa shape index (κ1) is 15.4. The van der Waals surface area contributed by atoms with Crippen molar-refractivity contribution in [2.24, 2.45) is 4.99 Å². The van der Waals surface area contributed by atoms with Gasteiger partial charge in [0.05, 0.1) is 28.7 Å². The van der Waals surface area contributed by atoms with Gasteiger partial charge in [0, 0.05) is 11.8 Å². The highest BCUT2D eigenvalue weighted by molar-refractivity contribution is 6.32. The predicted molar refractivity (Wildman–Crippen MR) is 92.8 cm³/mol. The number of aromatic nitrogens is 1. The third-order valence-electron chi connectivity index (χ3n) is 4.38. The van der Waals surface area contributed by atoms with Gasteiger partial charge in [-0.25, -0.2) is 0 Å². The maximum absolute atomic E-state index is 13.3. The molecule has 0 fully saturated rings. The molecule has 0 aliphatic carbocycles. The van der Waals surface area contributed by atoms with Crippen LogP contribution in [0.15, 0.2) is 59.7 Å². The number of ether oxygens (including phenoxy) is 2. The van der Waals surface area contributed by atoms with E-state index in [4.69, 9.17) is 16.6 Å². The summed E-state index contributed by atoms with van der Waals surface area (Å²) in [6, 6.07) is 14.2. The average Bonchev–Trinajstić information content (AvgIpc) is 3.13. The first-order valence-electron chi connectivity index (χ1n) is 7.92. The fraction of sp³-hybridized carbons (Fsp3) is 0.105. The van der Waals surface area contributed by atoms with Crippen molar-refractivity contribution in [1.29, 1.82) is 0 Å². The summed E-state index contributed by atoms with van der Waals surface area (Å²) in [4.78, 5) is 4.70. The Kier molecular flexibility index (Phi) is 3.15. The molecule has 3 heterocycles. The molecule has 2 aromatic carbocycles. The number of rotatable bonds is 1. The number of aliphatic imine (C=N–C) groups is 1. The normalized spacial score (nSPS) is 16.5. The summed E-state index contributed by atoms with van der Waals surface area (Å²) in [7, 11) is 0. The van der Waals surface area contributed by atoms with Crippen molar-refractivity contribution in [1.82, 2.24) is 4.57 Å². The molecule has 0 amide bonds. The lowest BCUT2D eigenvalue weighted by molar-refractivity contribution is -0.286. The molecular formula is C19H11ClF2N2O2. The number of hydrogen-bond acceptors (Lipinski definition) is 3. The standard InChI is InChI=1S/C19H11ClF2N2O2/c20-13-4-1-3-12-10-23-17(14-5-2-8-24(14)18(12)13)11-6-7-15-16(9-11)26-19(21,22)25-15/h1-9H,10H2. The number of nitrogens with zero attached hydrogens (tertiary/aromatic N) is 2. The van der Waals surface area contributed by atoms with Gasteiger partial charge < -0.3 is 14.0 Å². The topological polar surface area (TPSA) is 35.8 Å². The highest BCUT2D eigenvalue weighted by atomic mass is 35.5. The molecule has 2 aliphatic heterocycles. The smallest absolute Gasteiger partial charge is 0.395 e. The summed E-state index contributed by atoms with van der Waals surface area (Å²) in [5.41, 5.74) is 4.01. The molecule has 0 spiro atoms. The Morgan fingerprint density at radius 1 is 1.04 bits per heavy atom. The van der Waals surface area contributed by atoms with E-state index in [-0.39, 0.29) is 11.5 Å². The molecule has 26 heavy (non-hydrogen) atoms. The van der Waals surface area contributed by atoms with Crippen LogP contribution in [0.4, 0.5) is 8.78 Å².